The monoisotopic (exact) mass is 468 g/mol. The van der Waals surface area contributed by atoms with Crippen molar-refractivity contribution in [2.45, 2.75) is 6.04 Å². The Bertz CT molecular complexity index is 1350. The number of aromatic nitrogens is 1. The largest absolute Gasteiger partial charge is 0.366 e. The third-order valence-electron chi connectivity index (χ3n) is 5.31. The molecule has 2 amide bonds. The first-order valence-electron chi connectivity index (χ1n) is 10.5. The number of rotatable bonds is 6. The van der Waals surface area contributed by atoms with Gasteiger partial charge in [-0.25, -0.2) is 15.4 Å². The number of hydrogen-bond donors (Lipinski definition) is 3. The Labute approximate surface area is 199 Å². The van der Waals surface area contributed by atoms with E-state index >= 15 is 0 Å². The SMILES string of the molecule is NC(=O)c1ccc(N/N=C2/C(=O)N(c3nc(-c4ccccc4)cs3)NC2c2ccccc2)cc1. The fourth-order valence-corrected chi connectivity index (χ4v) is 4.36. The van der Waals surface area contributed by atoms with Gasteiger partial charge in [0.1, 0.15) is 6.04 Å². The summed E-state index contributed by atoms with van der Waals surface area (Å²) in [4.78, 5) is 29.4. The average Bonchev–Trinajstić information content (AvgIpc) is 3.49. The molecular formula is C25H20N6O2S. The molecule has 1 unspecified atom stereocenters. The highest BCUT2D eigenvalue weighted by atomic mass is 32.1. The van der Waals surface area contributed by atoms with E-state index in [-0.39, 0.29) is 5.91 Å². The predicted molar refractivity (Wildman–Crippen MR) is 133 cm³/mol. The molecule has 0 radical (unpaired) electrons. The molecule has 1 aromatic heterocycles. The number of nitrogens with two attached hydrogens (primary N) is 1. The average molecular weight is 469 g/mol. The minimum absolute atomic E-state index is 0.293. The second-order valence-electron chi connectivity index (χ2n) is 7.55. The first kappa shape index (κ1) is 21.5. The fourth-order valence-electron chi connectivity index (χ4n) is 3.56. The van der Waals surface area contributed by atoms with Crippen molar-refractivity contribution in [1.82, 2.24) is 10.4 Å². The molecule has 3 aromatic carbocycles. The van der Waals surface area contributed by atoms with Crippen molar-refractivity contribution in [1.29, 1.82) is 0 Å². The lowest BCUT2D eigenvalue weighted by atomic mass is 10.0. The molecule has 1 saturated heterocycles. The van der Waals surface area contributed by atoms with Crippen molar-refractivity contribution in [2.24, 2.45) is 10.8 Å². The Morgan fingerprint density at radius 2 is 1.68 bits per heavy atom. The summed E-state index contributed by atoms with van der Waals surface area (Å²) < 4.78 is 0. The number of hydrazone groups is 1. The second-order valence-corrected chi connectivity index (χ2v) is 8.38. The third kappa shape index (κ3) is 4.29. The number of nitrogens with one attached hydrogen (secondary N) is 2. The van der Waals surface area contributed by atoms with Gasteiger partial charge in [-0.15, -0.1) is 11.3 Å². The first-order chi connectivity index (χ1) is 16.6. The van der Waals surface area contributed by atoms with Gasteiger partial charge in [0.15, 0.2) is 5.71 Å². The van der Waals surface area contributed by atoms with Crippen LogP contribution in [0.4, 0.5) is 10.8 Å². The highest BCUT2D eigenvalue weighted by Gasteiger charge is 2.40. The maximum atomic E-state index is 13.4. The number of primary amides is 1. The molecule has 4 aromatic rings. The molecule has 9 heteroatoms. The maximum absolute atomic E-state index is 13.4. The number of carbonyl (C=O) groups is 2. The van der Waals surface area contributed by atoms with Crippen molar-refractivity contribution in [2.75, 3.05) is 10.4 Å². The molecular weight excluding hydrogens is 448 g/mol. The molecule has 1 aliphatic heterocycles. The number of hydrogen-bond acceptors (Lipinski definition) is 7. The zero-order valence-corrected chi connectivity index (χ0v) is 18.7. The molecule has 5 rings (SSSR count). The zero-order valence-electron chi connectivity index (χ0n) is 17.9. The second kappa shape index (κ2) is 9.26. The van der Waals surface area contributed by atoms with Gasteiger partial charge in [-0.1, -0.05) is 60.7 Å². The number of amides is 2. The van der Waals surface area contributed by atoms with Gasteiger partial charge in [-0.05, 0) is 29.8 Å². The topological polar surface area (TPSA) is 113 Å². The van der Waals surface area contributed by atoms with Gasteiger partial charge in [-0.3, -0.25) is 15.0 Å². The Morgan fingerprint density at radius 3 is 2.35 bits per heavy atom. The van der Waals surface area contributed by atoms with Crippen molar-refractivity contribution >= 4 is 39.7 Å². The fraction of sp³-hybridized carbons (Fsp3) is 0.0400. The molecule has 168 valence electrons. The van der Waals surface area contributed by atoms with Gasteiger partial charge >= 0.3 is 0 Å². The minimum Gasteiger partial charge on any atom is -0.366 e. The van der Waals surface area contributed by atoms with Crippen molar-refractivity contribution in [3.63, 3.8) is 0 Å². The van der Waals surface area contributed by atoms with E-state index < -0.39 is 11.9 Å². The molecule has 0 spiro atoms. The van der Waals surface area contributed by atoms with Crippen LogP contribution in [0.25, 0.3) is 11.3 Å². The van der Waals surface area contributed by atoms with E-state index in [2.05, 4.69) is 20.9 Å². The molecule has 1 fully saturated rings. The van der Waals surface area contributed by atoms with E-state index in [9.17, 15) is 9.59 Å². The van der Waals surface area contributed by atoms with Crippen molar-refractivity contribution < 1.29 is 9.59 Å². The summed E-state index contributed by atoms with van der Waals surface area (Å²) >= 11 is 1.38. The summed E-state index contributed by atoms with van der Waals surface area (Å²) in [7, 11) is 0. The van der Waals surface area contributed by atoms with Crippen LogP contribution in [0.2, 0.25) is 0 Å². The van der Waals surface area contributed by atoms with Crippen molar-refractivity contribution in [3.05, 3.63) is 101 Å². The van der Waals surface area contributed by atoms with E-state index in [0.717, 1.165) is 16.8 Å². The molecule has 1 aliphatic rings. The number of thiazole rings is 1. The molecule has 34 heavy (non-hydrogen) atoms. The number of benzene rings is 3. The lowest BCUT2D eigenvalue weighted by Gasteiger charge is -2.14. The highest BCUT2D eigenvalue weighted by Crippen LogP contribution is 2.31. The predicted octanol–water partition coefficient (Wildman–Crippen LogP) is 3.97. The van der Waals surface area contributed by atoms with Gasteiger partial charge in [0.25, 0.3) is 5.91 Å². The van der Waals surface area contributed by atoms with E-state index in [1.165, 1.54) is 16.3 Å². The summed E-state index contributed by atoms with van der Waals surface area (Å²) in [5, 5.41) is 8.31. The van der Waals surface area contributed by atoms with Gasteiger partial charge in [0.05, 0.1) is 11.4 Å². The number of carbonyl (C=O) groups excluding carboxylic acids is 2. The summed E-state index contributed by atoms with van der Waals surface area (Å²) in [5.41, 5.74) is 15.4. The van der Waals surface area contributed by atoms with E-state index in [0.29, 0.717) is 22.1 Å². The Hall–Kier alpha value is -4.34. The molecule has 1 atom stereocenters. The maximum Gasteiger partial charge on any atom is 0.292 e. The van der Waals surface area contributed by atoms with Gasteiger partial charge in [0, 0.05) is 16.5 Å². The lowest BCUT2D eigenvalue weighted by molar-refractivity contribution is -0.112. The smallest absolute Gasteiger partial charge is 0.292 e. The van der Waals surface area contributed by atoms with Gasteiger partial charge in [-0.2, -0.15) is 5.10 Å². The Balaban J connectivity index is 1.44. The van der Waals surface area contributed by atoms with Crippen molar-refractivity contribution in [3.8, 4) is 11.3 Å². The molecule has 2 heterocycles. The minimum atomic E-state index is -0.508. The van der Waals surface area contributed by atoms with E-state index in [4.69, 9.17) is 5.73 Å². The first-order valence-corrected chi connectivity index (χ1v) is 11.4. The highest BCUT2D eigenvalue weighted by molar-refractivity contribution is 7.14. The normalized spacial score (nSPS) is 16.7. The lowest BCUT2D eigenvalue weighted by Crippen LogP contribution is -2.35. The summed E-state index contributed by atoms with van der Waals surface area (Å²) in [6.07, 6.45) is 0. The van der Waals surface area contributed by atoms with Crippen LogP contribution in [0.1, 0.15) is 22.0 Å². The van der Waals surface area contributed by atoms with E-state index in [1.54, 1.807) is 24.3 Å². The number of nitrogens with zero attached hydrogens (tertiary/aromatic N) is 3. The van der Waals surface area contributed by atoms with E-state index in [1.807, 2.05) is 66.0 Å². The van der Waals surface area contributed by atoms with Crippen LogP contribution in [0.15, 0.2) is 95.4 Å². The van der Waals surface area contributed by atoms with Crippen LogP contribution >= 0.6 is 11.3 Å². The van der Waals surface area contributed by atoms with Crippen LogP contribution in [0.3, 0.4) is 0 Å². The van der Waals surface area contributed by atoms with Crippen LogP contribution in [0.5, 0.6) is 0 Å². The third-order valence-corrected chi connectivity index (χ3v) is 6.14. The van der Waals surface area contributed by atoms with Gasteiger partial charge in [0.2, 0.25) is 11.0 Å². The standard InChI is InChI=1S/C25H20N6O2S/c26-23(32)18-11-13-19(14-12-18)28-29-22-21(17-9-5-2-6-10-17)30-31(24(22)33)25-27-20(15-34-25)16-7-3-1-4-8-16/h1-15,21,28,30H,(H2,26,32)/b29-22+. The molecule has 0 aliphatic carbocycles. The molecule has 0 saturated carbocycles. The van der Waals surface area contributed by atoms with Crippen LogP contribution in [-0.4, -0.2) is 22.5 Å². The van der Waals surface area contributed by atoms with Crippen LogP contribution in [-0.2, 0) is 4.79 Å². The number of hydrazine groups is 1. The summed E-state index contributed by atoms with van der Waals surface area (Å²) in [5.74, 6) is -0.810. The van der Waals surface area contributed by atoms with Gasteiger partial charge < -0.3 is 5.73 Å². The number of anilines is 2. The Kier molecular flexibility index (Phi) is 5.86. The van der Waals surface area contributed by atoms with Crippen LogP contribution < -0.4 is 21.6 Å². The quantitative estimate of drug-likeness (QED) is 0.371. The van der Waals surface area contributed by atoms with Crippen LogP contribution in [0, 0.1) is 0 Å². The Morgan fingerprint density at radius 1 is 1.00 bits per heavy atom. The zero-order chi connectivity index (χ0) is 23.5. The summed E-state index contributed by atoms with van der Waals surface area (Å²) in [6.45, 7) is 0. The molecule has 4 N–H and O–H groups in total. The molecule has 8 nitrogen and oxygen atoms in total. The summed E-state index contributed by atoms with van der Waals surface area (Å²) in [6, 6.07) is 25.5. The molecule has 0 bridgehead atoms.